The molecular weight excluding hydrogens is 486 g/mol. The molecule has 4 rings (SSSR count). The minimum absolute atomic E-state index is 0.173. The van der Waals surface area contributed by atoms with E-state index in [2.05, 4.69) is 69.3 Å². The van der Waals surface area contributed by atoms with Crippen LogP contribution in [0.2, 0.25) is 0 Å². The number of allylic oxidation sites excluding steroid dienone is 1. The van der Waals surface area contributed by atoms with Gasteiger partial charge in [-0.1, -0.05) is 0 Å². The van der Waals surface area contributed by atoms with Crippen LogP contribution in [0.4, 0.5) is 0 Å². The average molecular weight is 520 g/mol. The van der Waals surface area contributed by atoms with Gasteiger partial charge in [0.15, 0.2) is 0 Å². The Morgan fingerprint density at radius 3 is 2.17 bits per heavy atom. The predicted octanol–water partition coefficient (Wildman–Crippen LogP) is 9.38. The summed E-state index contributed by atoms with van der Waals surface area (Å²) >= 11 is -2.48. The second-order valence-corrected chi connectivity index (χ2v) is 18.9. The Morgan fingerprint density at radius 2 is 1.57 bits per heavy atom. The molecule has 0 radical (unpaired) electrons. The molecule has 0 bridgehead atoms. The van der Waals surface area contributed by atoms with E-state index in [0.29, 0.717) is 3.63 Å². The number of fused-ring (bicyclic) bond motifs is 1. The second-order valence-electron chi connectivity index (χ2n) is 10.1. The topological polar surface area (TPSA) is 0 Å². The van der Waals surface area contributed by atoms with Crippen molar-refractivity contribution in [2.75, 3.05) is 0 Å². The number of hydrogen-bond acceptors (Lipinski definition) is 0. The normalized spacial score (nSPS) is 19.9. The number of halogens is 2. The molecule has 0 saturated heterocycles. The molecule has 1 fully saturated rings. The van der Waals surface area contributed by atoms with Crippen LogP contribution in [0, 0.1) is 5.92 Å². The Bertz CT molecular complexity index is 897. The number of benzene rings is 2. The quantitative estimate of drug-likeness (QED) is 0.353. The molecule has 2 aliphatic carbocycles. The Balaban J connectivity index is 1.68. The van der Waals surface area contributed by atoms with E-state index in [0.717, 1.165) is 5.92 Å². The van der Waals surface area contributed by atoms with E-state index in [1.165, 1.54) is 78.3 Å². The molecule has 1 atom stereocenters. The summed E-state index contributed by atoms with van der Waals surface area (Å²) in [5.74, 6) is 0.807. The summed E-state index contributed by atoms with van der Waals surface area (Å²) < 4.78 is 0.322. The zero-order valence-corrected chi connectivity index (χ0v) is 22.4. The van der Waals surface area contributed by atoms with Crippen molar-refractivity contribution in [3.05, 3.63) is 64.7 Å². The molecule has 1 unspecified atom stereocenters. The van der Waals surface area contributed by atoms with Crippen LogP contribution in [-0.4, -0.2) is 0 Å². The summed E-state index contributed by atoms with van der Waals surface area (Å²) in [5, 5.41) is 0. The number of rotatable bonds is 4. The maximum absolute atomic E-state index is 6.75. The van der Waals surface area contributed by atoms with Crippen LogP contribution in [0.25, 0.3) is 17.2 Å². The maximum atomic E-state index is 6.75. The van der Waals surface area contributed by atoms with Gasteiger partial charge in [0.1, 0.15) is 0 Å². The molecule has 0 N–H and O–H groups in total. The summed E-state index contributed by atoms with van der Waals surface area (Å²) in [5.41, 5.74) is 8.44. The Labute approximate surface area is 197 Å². The van der Waals surface area contributed by atoms with Gasteiger partial charge in [0, 0.05) is 0 Å². The Kier molecular flexibility index (Phi) is 7.34. The standard InChI is InChI=1S/C27H33.2ClH.Zr/c1-27(2,3)24-15-13-22(14-16-24)25-12-8-11-23-18-21(19-26(23)25)17-20-9-6-4-5-7-10-20;;;/h8,11-16,18-20H,4-7,9-10,17H2,1-3H3;2*1H;/q;;;+2/p-2. The average Bonchev–Trinajstić information content (AvgIpc) is 2.87. The van der Waals surface area contributed by atoms with E-state index in [9.17, 15) is 0 Å². The fraction of sp³-hybridized carbons (Fsp3) is 0.481. The molecule has 2 aromatic carbocycles. The summed E-state index contributed by atoms with van der Waals surface area (Å²) in [6, 6.07) is 15.9. The van der Waals surface area contributed by atoms with Gasteiger partial charge < -0.3 is 0 Å². The first-order valence-corrected chi connectivity index (χ1v) is 19.2. The Morgan fingerprint density at radius 1 is 0.900 bits per heavy atom. The zero-order valence-electron chi connectivity index (χ0n) is 18.5. The van der Waals surface area contributed by atoms with Crippen LogP contribution in [0.3, 0.4) is 0 Å². The van der Waals surface area contributed by atoms with Gasteiger partial charge in [0.05, 0.1) is 0 Å². The van der Waals surface area contributed by atoms with E-state index >= 15 is 0 Å². The first kappa shape index (κ1) is 22.8. The van der Waals surface area contributed by atoms with Crippen LogP contribution in [0.15, 0.2) is 48.0 Å². The molecule has 0 nitrogen and oxygen atoms in total. The van der Waals surface area contributed by atoms with Crippen LogP contribution >= 0.6 is 17.0 Å². The van der Waals surface area contributed by atoms with Gasteiger partial charge in [-0.2, -0.15) is 0 Å². The van der Waals surface area contributed by atoms with E-state index < -0.39 is 19.4 Å². The van der Waals surface area contributed by atoms with Gasteiger partial charge in [-0.3, -0.25) is 0 Å². The predicted molar refractivity (Wildman–Crippen MR) is 129 cm³/mol. The van der Waals surface area contributed by atoms with Crippen molar-refractivity contribution in [2.24, 2.45) is 5.92 Å². The second kappa shape index (κ2) is 9.64. The minimum atomic E-state index is -2.48. The third-order valence-corrected chi connectivity index (χ3v) is 12.3. The molecule has 0 heterocycles. The third-order valence-electron chi connectivity index (χ3n) is 6.93. The molecule has 159 valence electrons. The third kappa shape index (κ3) is 5.00. The van der Waals surface area contributed by atoms with Crippen LogP contribution in [0.5, 0.6) is 0 Å². The van der Waals surface area contributed by atoms with Gasteiger partial charge in [-0.25, -0.2) is 0 Å². The Hall–Kier alpha value is -0.357. The van der Waals surface area contributed by atoms with Gasteiger partial charge >= 0.3 is 199 Å². The first-order chi connectivity index (χ1) is 14.3. The molecule has 2 aliphatic rings. The fourth-order valence-corrected chi connectivity index (χ4v) is 10.6. The molecule has 0 spiro atoms. The van der Waals surface area contributed by atoms with Crippen molar-refractivity contribution in [3.8, 4) is 11.1 Å². The molecule has 0 amide bonds. The van der Waals surface area contributed by atoms with Crippen molar-refractivity contribution >= 4 is 23.1 Å². The molecule has 3 heteroatoms. The van der Waals surface area contributed by atoms with E-state index in [-0.39, 0.29) is 5.41 Å². The summed E-state index contributed by atoms with van der Waals surface area (Å²) in [6.45, 7) is 6.80. The van der Waals surface area contributed by atoms with Gasteiger partial charge in [0.25, 0.3) is 0 Å². The van der Waals surface area contributed by atoms with Crippen molar-refractivity contribution in [3.63, 3.8) is 0 Å². The monoisotopic (exact) mass is 517 g/mol. The van der Waals surface area contributed by atoms with Crippen LogP contribution < -0.4 is 0 Å². The van der Waals surface area contributed by atoms with Crippen molar-refractivity contribution in [1.29, 1.82) is 0 Å². The zero-order chi connectivity index (χ0) is 21.3. The van der Waals surface area contributed by atoms with Crippen molar-refractivity contribution in [1.82, 2.24) is 0 Å². The summed E-state index contributed by atoms with van der Waals surface area (Å²) in [6.07, 6.45) is 12.0. The van der Waals surface area contributed by atoms with Gasteiger partial charge in [-0.05, 0) is 0 Å². The molecule has 2 aromatic rings. The van der Waals surface area contributed by atoms with E-state index in [1.807, 2.05) is 0 Å². The van der Waals surface area contributed by atoms with E-state index in [4.69, 9.17) is 17.0 Å². The van der Waals surface area contributed by atoms with Crippen LogP contribution in [-0.2, 0) is 24.8 Å². The van der Waals surface area contributed by atoms with Gasteiger partial charge in [-0.15, -0.1) is 0 Å². The summed E-state index contributed by atoms with van der Waals surface area (Å²) in [7, 11) is 13.5. The SMILES string of the molecule is CC(C)(C)c1ccc(-c2cccc3c2C=C(CC2CCCCCC2)[CH]3[Zr]([Cl])[Cl])cc1. The van der Waals surface area contributed by atoms with Crippen LogP contribution in [0.1, 0.15) is 86.0 Å². The fourth-order valence-electron chi connectivity index (χ4n) is 5.20. The number of hydrogen-bond donors (Lipinski definition) is 0. The van der Waals surface area contributed by atoms with Gasteiger partial charge in [0.2, 0.25) is 0 Å². The molecule has 0 aliphatic heterocycles. The molecule has 0 aromatic heterocycles. The first-order valence-electron chi connectivity index (χ1n) is 11.5. The molecular formula is C27H33Cl2Zr. The van der Waals surface area contributed by atoms with E-state index in [1.54, 1.807) is 0 Å². The summed E-state index contributed by atoms with van der Waals surface area (Å²) in [4.78, 5) is 0. The van der Waals surface area contributed by atoms with Crippen molar-refractivity contribution in [2.45, 2.75) is 74.8 Å². The molecule has 30 heavy (non-hydrogen) atoms. The van der Waals surface area contributed by atoms with Crippen molar-refractivity contribution < 1.29 is 19.4 Å². The molecule has 1 saturated carbocycles.